The number of aliphatic hydroxyl groups is 2. The van der Waals surface area contributed by atoms with Gasteiger partial charge in [0.05, 0.1) is 22.5 Å². The average molecular weight is 229 g/mol. The van der Waals surface area contributed by atoms with Crippen LogP contribution in [-0.4, -0.2) is 33.6 Å². The first kappa shape index (κ1) is 12.0. The Labute approximate surface area is 90.9 Å². The molecule has 0 bridgehead atoms. The molecule has 0 radical (unpaired) electrons. The summed E-state index contributed by atoms with van der Waals surface area (Å²) in [6.45, 7) is -0.340. The average Bonchev–Trinajstić information content (AvgIpc) is 2.26. The highest BCUT2D eigenvalue weighted by Crippen LogP contribution is 2.28. The number of aliphatic hydroxyl groups excluding tert-OH is 2. The van der Waals surface area contributed by atoms with Crippen LogP contribution in [0.25, 0.3) is 0 Å². The molecule has 0 aliphatic heterocycles. The van der Waals surface area contributed by atoms with E-state index in [1.807, 2.05) is 0 Å². The van der Waals surface area contributed by atoms with Gasteiger partial charge in [-0.3, -0.25) is 10.1 Å². The molecule has 1 atom stereocenters. The van der Waals surface area contributed by atoms with Crippen LogP contribution in [0.4, 0.5) is 5.69 Å². The fourth-order valence-corrected chi connectivity index (χ4v) is 1.91. The van der Waals surface area contributed by atoms with Gasteiger partial charge in [-0.2, -0.15) is 0 Å². The van der Waals surface area contributed by atoms with Gasteiger partial charge in [0, 0.05) is 11.8 Å². The van der Waals surface area contributed by atoms with Gasteiger partial charge in [-0.05, 0) is 6.07 Å². The van der Waals surface area contributed by atoms with E-state index < -0.39 is 11.0 Å². The van der Waals surface area contributed by atoms with Gasteiger partial charge in [0.25, 0.3) is 5.69 Å². The van der Waals surface area contributed by atoms with Crippen molar-refractivity contribution in [3.05, 3.63) is 34.4 Å². The van der Waals surface area contributed by atoms with Crippen LogP contribution < -0.4 is 0 Å². The van der Waals surface area contributed by atoms with E-state index in [4.69, 9.17) is 10.2 Å². The SMILES string of the molecule is O=[N+]([O-])c1ccccc1SC[C@@H](O)CO. The summed E-state index contributed by atoms with van der Waals surface area (Å²) in [4.78, 5) is 10.6. The Balaban J connectivity index is 2.72. The Morgan fingerprint density at radius 2 is 2.13 bits per heavy atom. The molecule has 5 nitrogen and oxygen atoms in total. The summed E-state index contributed by atoms with van der Waals surface area (Å²) in [5.41, 5.74) is 0.0210. The van der Waals surface area contributed by atoms with Crippen molar-refractivity contribution in [1.82, 2.24) is 0 Å². The van der Waals surface area contributed by atoms with Gasteiger partial charge in [-0.15, -0.1) is 11.8 Å². The molecule has 0 aliphatic rings. The zero-order valence-electron chi connectivity index (χ0n) is 7.87. The van der Waals surface area contributed by atoms with Crippen LogP contribution in [0.5, 0.6) is 0 Å². The lowest BCUT2D eigenvalue weighted by atomic mass is 10.3. The number of hydrogen-bond donors (Lipinski definition) is 2. The van der Waals surface area contributed by atoms with Gasteiger partial charge in [0.15, 0.2) is 0 Å². The summed E-state index contributed by atoms with van der Waals surface area (Å²) < 4.78 is 0. The molecule has 6 heteroatoms. The molecule has 1 aromatic rings. The Kier molecular flexibility index (Phi) is 4.54. The first-order valence-corrected chi connectivity index (χ1v) is 5.29. The van der Waals surface area contributed by atoms with Crippen molar-refractivity contribution in [2.45, 2.75) is 11.0 Å². The van der Waals surface area contributed by atoms with Gasteiger partial charge < -0.3 is 10.2 Å². The first-order chi connectivity index (χ1) is 7.15. The minimum atomic E-state index is -0.852. The van der Waals surface area contributed by atoms with Gasteiger partial charge in [0.2, 0.25) is 0 Å². The third-order valence-electron chi connectivity index (χ3n) is 1.70. The van der Waals surface area contributed by atoms with Gasteiger partial charge in [-0.1, -0.05) is 12.1 Å². The van der Waals surface area contributed by atoms with E-state index in [1.165, 1.54) is 6.07 Å². The van der Waals surface area contributed by atoms with Crippen LogP contribution in [0.2, 0.25) is 0 Å². The Morgan fingerprint density at radius 1 is 1.47 bits per heavy atom. The Bertz CT molecular complexity index is 345. The van der Waals surface area contributed by atoms with Crippen molar-refractivity contribution in [3.63, 3.8) is 0 Å². The van der Waals surface area contributed by atoms with Crippen molar-refractivity contribution in [2.75, 3.05) is 12.4 Å². The van der Waals surface area contributed by atoms with Gasteiger partial charge in [0.1, 0.15) is 0 Å². The summed E-state index contributed by atoms with van der Waals surface area (Å²) in [6, 6.07) is 6.31. The van der Waals surface area contributed by atoms with Crippen LogP contribution in [-0.2, 0) is 0 Å². The number of nitro benzene ring substituents is 1. The molecule has 0 fully saturated rings. The lowest BCUT2D eigenvalue weighted by Gasteiger charge is -2.06. The molecule has 0 saturated heterocycles. The van der Waals surface area contributed by atoms with E-state index in [0.717, 1.165) is 11.8 Å². The van der Waals surface area contributed by atoms with E-state index in [9.17, 15) is 10.1 Å². The molecule has 1 rings (SSSR count). The molecule has 0 unspecified atom stereocenters. The van der Waals surface area contributed by atoms with E-state index in [0.29, 0.717) is 4.90 Å². The Hall–Kier alpha value is -1.11. The molecular weight excluding hydrogens is 218 g/mol. The van der Waals surface area contributed by atoms with Crippen molar-refractivity contribution in [1.29, 1.82) is 0 Å². The van der Waals surface area contributed by atoms with Crippen molar-refractivity contribution in [2.24, 2.45) is 0 Å². The first-order valence-electron chi connectivity index (χ1n) is 4.30. The number of nitrogens with zero attached hydrogens (tertiary/aromatic N) is 1. The molecule has 0 spiro atoms. The number of para-hydroxylation sites is 1. The largest absolute Gasteiger partial charge is 0.394 e. The number of thioether (sulfide) groups is 1. The highest BCUT2D eigenvalue weighted by atomic mass is 32.2. The lowest BCUT2D eigenvalue weighted by Crippen LogP contribution is -2.14. The lowest BCUT2D eigenvalue weighted by molar-refractivity contribution is -0.387. The predicted octanol–water partition coefficient (Wildman–Crippen LogP) is 1.04. The highest BCUT2D eigenvalue weighted by Gasteiger charge is 2.13. The second kappa shape index (κ2) is 5.69. The van der Waals surface area contributed by atoms with Crippen LogP contribution in [0.15, 0.2) is 29.2 Å². The minimum absolute atomic E-state index is 0.0210. The number of hydrogen-bond acceptors (Lipinski definition) is 5. The predicted molar refractivity (Wildman–Crippen MR) is 56.9 cm³/mol. The van der Waals surface area contributed by atoms with Crippen LogP contribution >= 0.6 is 11.8 Å². The molecule has 0 heterocycles. The van der Waals surface area contributed by atoms with Crippen LogP contribution in [0.3, 0.4) is 0 Å². The zero-order valence-corrected chi connectivity index (χ0v) is 8.68. The maximum absolute atomic E-state index is 10.6. The van der Waals surface area contributed by atoms with E-state index in [1.54, 1.807) is 18.2 Å². The topological polar surface area (TPSA) is 83.6 Å². The molecule has 2 N–H and O–H groups in total. The standard InChI is InChI=1S/C9H11NO4S/c11-5-7(12)6-15-9-4-2-1-3-8(9)10(13)14/h1-4,7,11-12H,5-6H2/t7-/m0/s1. The smallest absolute Gasteiger partial charge is 0.282 e. The molecule has 0 amide bonds. The summed E-state index contributed by atoms with van der Waals surface area (Å²) in [5, 5.41) is 28.3. The molecule has 0 saturated carbocycles. The highest BCUT2D eigenvalue weighted by molar-refractivity contribution is 7.99. The summed E-state index contributed by atoms with van der Waals surface area (Å²) >= 11 is 1.16. The third kappa shape index (κ3) is 3.50. The van der Waals surface area contributed by atoms with Crippen molar-refractivity contribution >= 4 is 17.4 Å². The van der Waals surface area contributed by atoms with Crippen molar-refractivity contribution in [3.8, 4) is 0 Å². The molecule has 82 valence electrons. The number of benzene rings is 1. The number of nitro groups is 1. The zero-order chi connectivity index (χ0) is 11.3. The second-order valence-electron chi connectivity index (χ2n) is 2.87. The summed E-state index contributed by atoms with van der Waals surface area (Å²) in [7, 11) is 0. The third-order valence-corrected chi connectivity index (χ3v) is 2.91. The Morgan fingerprint density at radius 3 is 2.73 bits per heavy atom. The van der Waals surface area contributed by atoms with E-state index in [-0.39, 0.29) is 18.0 Å². The van der Waals surface area contributed by atoms with Gasteiger partial charge >= 0.3 is 0 Å². The maximum atomic E-state index is 10.6. The van der Waals surface area contributed by atoms with Crippen molar-refractivity contribution < 1.29 is 15.1 Å². The van der Waals surface area contributed by atoms with E-state index >= 15 is 0 Å². The van der Waals surface area contributed by atoms with E-state index in [2.05, 4.69) is 0 Å². The van der Waals surface area contributed by atoms with Crippen LogP contribution in [0.1, 0.15) is 0 Å². The molecule has 1 aromatic carbocycles. The monoisotopic (exact) mass is 229 g/mol. The fourth-order valence-electron chi connectivity index (χ4n) is 0.969. The molecule has 0 aliphatic carbocycles. The minimum Gasteiger partial charge on any atom is -0.394 e. The fraction of sp³-hybridized carbons (Fsp3) is 0.333. The second-order valence-corrected chi connectivity index (χ2v) is 3.93. The quantitative estimate of drug-likeness (QED) is 0.448. The van der Waals surface area contributed by atoms with Gasteiger partial charge in [-0.25, -0.2) is 0 Å². The summed E-state index contributed by atoms with van der Waals surface area (Å²) in [6.07, 6.45) is -0.852. The normalized spacial score (nSPS) is 12.4. The molecular formula is C9H11NO4S. The molecule has 15 heavy (non-hydrogen) atoms. The van der Waals surface area contributed by atoms with Crippen LogP contribution in [0, 0.1) is 10.1 Å². The number of rotatable bonds is 5. The summed E-state index contributed by atoms with van der Waals surface area (Å²) in [5.74, 6) is 0.237. The molecule has 0 aromatic heterocycles. The maximum Gasteiger partial charge on any atom is 0.282 e.